The molecule has 26 heavy (non-hydrogen) atoms. The zero-order chi connectivity index (χ0) is 19.1. The van der Waals surface area contributed by atoms with Crippen molar-refractivity contribution < 1.29 is 14.3 Å². The summed E-state index contributed by atoms with van der Waals surface area (Å²) in [6, 6.07) is 5.16. The van der Waals surface area contributed by atoms with Gasteiger partial charge in [-0.3, -0.25) is 9.69 Å². The molecule has 1 saturated heterocycles. The van der Waals surface area contributed by atoms with Crippen molar-refractivity contribution >= 4 is 23.3 Å². The van der Waals surface area contributed by atoms with Crippen LogP contribution in [0.2, 0.25) is 0 Å². The van der Waals surface area contributed by atoms with Gasteiger partial charge in [-0.05, 0) is 44.4 Å². The second-order valence-electron chi connectivity index (χ2n) is 7.02. The molecule has 0 saturated carbocycles. The van der Waals surface area contributed by atoms with Crippen LogP contribution in [0.1, 0.15) is 33.6 Å². The van der Waals surface area contributed by atoms with E-state index in [-0.39, 0.29) is 11.9 Å². The van der Waals surface area contributed by atoms with E-state index in [1.807, 2.05) is 0 Å². The molecule has 1 aromatic carbocycles. The van der Waals surface area contributed by atoms with Crippen LogP contribution < -0.4 is 20.7 Å². The first-order chi connectivity index (χ1) is 12.4. The van der Waals surface area contributed by atoms with Crippen molar-refractivity contribution in [3.05, 3.63) is 18.2 Å². The van der Waals surface area contributed by atoms with E-state index in [1.54, 1.807) is 18.2 Å². The summed E-state index contributed by atoms with van der Waals surface area (Å²) in [6.07, 6.45) is 2.51. The largest absolute Gasteiger partial charge is 0.494 e. The summed E-state index contributed by atoms with van der Waals surface area (Å²) < 4.78 is 5.26. The average Bonchev–Trinajstić information content (AvgIpc) is 2.60. The van der Waals surface area contributed by atoms with Crippen LogP contribution in [0, 0.1) is 5.92 Å². The number of likely N-dealkylation sites (tertiary alicyclic amines) is 1. The Morgan fingerprint density at radius 2 is 2.12 bits per heavy atom. The van der Waals surface area contributed by atoms with E-state index in [0.717, 1.165) is 19.0 Å². The quantitative estimate of drug-likeness (QED) is 0.727. The van der Waals surface area contributed by atoms with E-state index in [4.69, 9.17) is 4.74 Å². The topological polar surface area (TPSA) is 82.7 Å². The number of piperidine rings is 1. The predicted octanol–water partition coefficient (Wildman–Crippen LogP) is 2.90. The van der Waals surface area contributed by atoms with Gasteiger partial charge in [0.2, 0.25) is 5.91 Å². The highest BCUT2D eigenvalue weighted by molar-refractivity contribution is 5.93. The molecule has 7 heteroatoms. The number of amides is 3. The van der Waals surface area contributed by atoms with Crippen LogP contribution in [-0.2, 0) is 4.79 Å². The number of urea groups is 1. The Labute approximate surface area is 155 Å². The maximum atomic E-state index is 12.2. The molecular formula is C19H30N4O3. The monoisotopic (exact) mass is 362 g/mol. The van der Waals surface area contributed by atoms with Gasteiger partial charge in [-0.25, -0.2) is 4.79 Å². The average molecular weight is 362 g/mol. The molecular weight excluding hydrogens is 332 g/mol. The van der Waals surface area contributed by atoms with Crippen LogP contribution in [0.25, 0.3) is 0 Å². The Bertz CT molecular complexity index is 635. The van der Waals surface area contributed by atoms with E-state index in [2.05, 4.69) is 34.7 Å². The van der Waals surface area contributed by atoms with Crippen molar-refractivity contribution in [2.24, 2.45) is 5.92 Å². The normalized spacial score (nSPS) is 18.7. The second-order valence-corrected chi connectivity index (χ2v) is 7.02. The van der Waals surface area contributed by atoms with Gasteiger partial charge >= 0.3 is 6.03 Å². The maximum absolute atomic E-state index is 12.2. The number of hydrogen-bond donors (Lipinski definition) is 3. The highest BCUT2D eigenvalue weighted by Crippen LogP contribution is 2.27. The van der Waals surface area contributed by atoms with Gasteiger partial charge in [-0.15, -0.1) is 0 Å². The molecule has 3 N–H and O–H groups in total. The number of carbonyl (C=O) groups is 2. The van der Waals surface area contributed by atoms with E-state index in [1.165, 1.54) is 26.9 Å². The molecule has 3 amide bonds. The Balaban J connectivity index is 1.86. The van der Waals surface area contributed by atoms with Crippen molar-refractivity contribution in [1.82, 2.24) is 10.2 Å². The van der Waals surface area contributed by atoms with Gasteiger partial charge in [-0.2, -0.15) is 0 Å². The molecule has 0 aliphatic carbocycles. The summed E-state index contributed by atoms with van der Waals surface area (Å²) >= 11 is 0. The minimum atomic E-state index is -0.253. The summed E-state index contributed by atoms with van der Waals surface area (Å²) in [4.78, 5) is 25.8. The molecule has 0 spiro atoms. The lowest BCUT2D eigenvalue weighted by atomic mass is 9.99. The van der Waals surface area contributed by atoms with Crippen LogP contribution in [0.3, 0.4) is 0 Å². The zero-order valence-electron chi connectivity index (χ0n) is 16.1. The number of methoxy groups -OCH3 is 1. The number of nitrogens with one attached hydrogen (secondary N) is 3. The van der Waals surface area contributed by atoms with Gasteiger partial charge in [0.1, 0.15) is 5.75 Å². The molecule has 7 nitrogen and oxygen atoms in total. The third kappa shape index (κ3) is 5.91. The molecule has 1 aliphatic rings. The highest BCUT2D eigenvalue weighted by atomic mass is 16.5. The lowest BCUT2D eigenvalue weighted by Gasteiger charge is -2.35. The fraction of sp³-hybridized carbons (Fsp3) is 0.579. The van der Waals surface area contributed by atoms with Gasteiger partial charge in [0.15, 0.2) is 0 Å². The van der Waals surface area contributed by atoms with E-state index < -0.39 is 0 Å². The number of benzene rings is 1. The summed E-state index contributed by atoms with van der Waals surface area (Å²) in [5.41, 5.74) is 1.17. The van der Waals surface area contributed by atoms with Crippen LogP contribution in [-0.4, -0.2) is 49.6 Å². The van der Waals surface area contributed by atoms with Gasteiger partial charge < -0.3 is 20.7 Å². The van der Waals surface area contributed by atoms with Gasteiger partial charge in [0.25, 0.3) is 0 Å². The van der Waals surface area contributed by atoms with Gasteiger partial charge in [0.05, 0.1) is 12.8 Å². The van der Waals surface area contributed by atoms with Gasteiger partial charge in [0, 0.05) is 37.8 Å². The number of hydrogen-bond acceptors (Lipinski definition) is 4. The Morgan fingerprint density at radius 1 is 1.35 bits per heavy atom. The first kappa shape index (κ1) is 20.0. The molecule has 1 aliphatic heterocycles. The molecule has 1 aromatic rings. The van der Waals surface area contributed by atoms with Crippen molar-refractivity contribution in [3.63, 3.8) is 0 Å². The number of ether oxygens (including phenoxy) is 1. The fourth-order valence-electron chi connectivity index (χ4n) is 3.23. The lowest BCUT2D eigenvalue weighted by molar-refractivity contribution is -0.114. The molecule has 0 bridgehead atoms. The number of rotatable bonds is 6. The number of carbonyl (C=O) groups excluding carboxylic acids is 2. The molecule has 1 heterocycles. The van der Waals surface area contributed by atoms with Crippen LogP contribution in [0.5, 0.6) is 5.75 Å². The molecule has 2 atom stereocenters. The number of nitrogens with zero attached hydrogens (tertiary/aromatic N) is 1. The third-order valence-electron chi connectivity index (χ3n) is 4.64. The Hall–Kier alpha value is -2.28. The van der Waals surface area contributed by atoms with Crippen LogP contribution >= 0.6 is 0 Å². The minimum Gasteiger partial charge on any atom is -0.494 e. The lowest BCUT2D eigenvalue weighted by Crippen LogP contribution is -2.47. The molecule has 144 valence electrons. The maximum Gasteiger partial charge on any atom is 0.319 e. The Morgan fingerprint density at radius 3 is 2.77 bits per heavy atom. The van der Waals surface area contributed by atoms with Gasteiger partial charge in [-0.1, -0.05) is 6.92 Å². The Kier molecular flexibility index (Phi) is 7.26. The summed E-state index contributed by atoms with van der Waals surface area (Å²) in [5.74, 6) is 1.03. The van der Waals surface area contributed by atoms with E-state index in [0.29, 0.717) is 29.7 Å². The van der Waals surface area contributed by atoms with Crippen molar-refractivity contribution in [2.75, 3.05) is 37.4 Å². The summed E-state index contributed by atoms with van der Waals surface area (Å²) in [5, 5.41) is 8.42. The first-order valence-electron chi connectivity index (χ1n) is 9.13. The summed E-state index contributed by atoms with van der Waals surface area (Å²) in [6.45, 7) is 8.63. The molecule has 0 aromatic heterocycles. The third-order valence-corrected chi connectivity index (χ3v) is 4.64. The fourth-order valence-corrected chi connectivity index (χ4v) is 3.23. The highest BCUT2D eigenvalue weighted by Gasteiger charge is 2.21. The SMILES string of the molecule is COc1cc(NC(=O)NCC(C)N2CCCC(C)C2)ccc1NC(C)=O. The molecule has 2 rings (SSSR count). The van der Waals surface area contributed by atoms with E-state index in [9.17, 15) is 9.59 Å². The summed E-state index contributed by atoms with van der Waals surface area (Å²) in [7, 11) is 1.52. The molecule has 2 unspecified atom stereocenters. The number of anilines is 2. The first-order valence-corrected chi connectivity index (χ1v) is 9.13. The molecule has 1 fully saturated rings. The van der Waals surface area contributed by atoms with Crippen LogP contribution in [0.4, 0.5) is 16.2 Å². The predicted molar refractivity (Wildman–Crippen MR) is 104 cm³/mol. The standard InChI is InChI=1S/C19H30N4O3/c1-13-6-5-9-23(12-13)14(2)11-20-19(25)22-16-7-8-17(21-15(3)24)18(10-16)26-4/h7-8,10,13-14H,5-6,9,11-12H2,1-4H3,(H,21,24)(H2,20,22,25). The molecule has 0 radical (unpaired) electrons. The van der Waals surface area contributed by atoms with Crippen molar-refractivity contribution in [3.8, 4) is 5.75 Å². The van der Waals surface area contributed by atoms with Crippen LogP contribution in [0.15, 0.2) is 18.2 Å². The second kappa shape index (κ2) is 9.43. The minimum absolute atomic E-state index is 0.178. The van der Waals surface area contributed by atoms with Crippen molar-refractivity contribution in [2.45, 2.75) is 39.7 Å². The van der Waals surface area contributed by atoms with E-state index >= 15 is 0 Å². The smallest absolute Gasteiger partial charge is 0.319 e. The zero-order valence-corrected chi connectivity index (χ0v) is 16.1. The van der Waals surface area contributed by atoms with Crippen molar-refractivity contribution in [1.29, 1.82) is 0 Å².